The van der Waals surface area contributed by atoms with Crippen molar-refractivity contribution in [2.24, 2.45) is 0 Å². The van der Waals surface area contributed by atoms with Crippen molar-refractivity contribution in [3.63, 3.8) is 0 Å². The average molecular weight is 312 g/mol. The van der Waals surface area contributed by atoms with Crippen molar-refractivity contribution < 1.29 is 18.4 Å². The molecule has 0 fully saturated rings. The summed E-state index contributed by atoms with van der Waals surface area (Å²) in [4.78, 5) is 0. The molecule has 0 saturated carbocycles. The second-order valence-corrected chi connectivity index (χ2v) is 7.55. The van der Waals surface area contributed by atoms with Gasteiger partial charge in [0.25, 0.3) is 0 Å². The topological polar surface area (TPSA) is 47.9 Å². The van der Waals surface area contributed by atoms with E-state index in [4.69, 9.17) is 18.4 Å². The number of hydrogen-bond donors (Lipinski definition) is 1. The molecule has 5 heteroatoms. The minimum Gasteiger partial charge on any atom is -0.396 e. The third-order valence-electron chi connectivity index (χ3n) is 2.94. The maximum absolute atomic E-state index is 8.96. The van der Waals surface area contributed by atoms with E-state index in [0.717, 1.165) is 12.8 Å². The Labute approximate surface area is 129 Å². The van der Waals surface area contributed by atoms with Gasteiger partial charge in [0.05, 0.1) is 0 Å². The first-order valence-corrected chi connectivity index (χ1v) is 9.76. The first-order chi connectivity index (χ1) is 10.3. The molecule has 4 nitrogen and oxygen atoms in total. The molecule has 0 spiro atoms. The van der Waals surface area contributed by atoms with Crippen LogP contribution in [-0.2, 0) is 19.3 Å². The first-order valence-electron chi connectivity index (χ1n) is 7.83. The van der Waals surface area contributed by atoms with Crippen LogP contribution in [0.3, 0.4) is 0 Å². The molecule has 0 aliphatic heterocycles. The Kier molecular flexibility index (Phi) is 9.53. The van der Waals surface area contributed by atoms with E-state index < -0.39 is 8.80 Å². The van der Waals surface area contributed by atoms with Crippen molar-refractivity contribution in [3.05, 3.63) is 35.9 Å². The van der Waals surface area contributed by atoms with Crippen molar-refractivity contribution in [2.75, 3.05) is 26.4 Å². The summed E-state index contributed by atoms with van der Waals surface area (Å²) >= 11 is 0. The Morgan fingerprint density at radius 1 is 0.905 bits per heavy atom. The van der Waals surface area contributed by atoms with Gasteiger partial charge in [-0.15, -0.1) is 0 Å². The molecule has 0 radical (unpaired) electrons. The van der Waals surface area contributed by atoms with Crippen LogP contribution in [0.2, 0.25) is 0 Å². The molecule has 0 unspecified atom stereocenters. The summed E-state index contributed by atoms with van der Waals surface area (Å²) in [5.41, 5.74) is 1.17. The number of aliphatic hydroxyl groups excluding tert-OH is 1. The maximum atomic E-state index is 8.96. The quantitative estimate of drug-likeness (QED) is 0.476. The molecule has 0 heterocycles. The molecular weight excluding hydrogens is 284 g/mol. The van der Waals surface area contributed by atoms with Crippen molar-refractivity contribution in [3.8, 4) is 0 Å². The monoisotopic (exact) mass is 312 g/mol. The predicted molar refractivity (Wildman–Crippen MR) is 86.0 cm³/mol. The van der Waals surface area contributed by atoms with E-state index in [-0.39, 0.29) is 6.61 Å². The van der Waals surface area contributed by atoms with E-state index in [2.05, 4.69) is 26.0 Å². The molecule has 120 valence electrons. The number of benzene rings is 1. The summed E-state index contributed by atoms with van der Waals surface area (Å²) in [6.45, 7) is 6.04. The van der Waals surface area contributed by atoms with Gasteiger partial charge in [0.15, 0.2) is 0 Å². The molecule has 0 aliphatic carbocycles. The molecular formula is C16H28O4Si. The second-order valence-electron chi connectivity index (χ2n) is 4.97. The SMILES string of the molecule is CCCO[Si](Cc1ccccc1)(OCCC)OCCCO. The van der Waals surface area contributed by atoms with Gasteiger partial charge in [-0.3, -0.25) is 0 Å². The number of hydrogen-bond acceptors (Lipinski definition) is 4. The van der Waals surface area contributed by atoms with Crippen molar-refractivity contribution in [1.29, 1.82) is 0 Å². The molecule has 0 aliphatic rings. The first kappa shape index (κ1) is 18.3. The highest BCUT2D eigenvalue weighted by Gasteiger charge is 2.41. The van der Waals surface area contributed by atoms with Gasteiger partial charge >= 0.3 is 8.80 Å². The van der Waals surface area contributed by atoms with Crippen molar-refractivity contribution in [1.82, 2.24) is 0 Å². The van der Waals surface area contributed by atoms with E-state index in [1.807, 2.05) is 18.2 Å². The number of aliphatic hydroxyl groups is 1. The fourth-order valence-electron chi connectivity index (χ4n) is 1.93. The summed E-state index contributed by atoms with van der Waals surface area (Å²) in [7, 11) is -2.73. The average Bonchev–Trinajstić information content (AvgIpc) is 2.52. The summed E-state index contributed by atoms with van der Waals surface area (Å²) in [6, 6.07) is 10.9. The summed E-state index contributed by atoms with van der Waals surface area (Å²) in [5.74, 6) is 0. The Morgan fingerprint density at radius 3 is 2.00 bits per heavy atom. The molecule has 0 amide bonds. The molecule has 1 N–H and O–H groups in total. The fourth-order valence-corrected chi connectivity index (χ4v) is 4.71. The standard InChI is InChI=1S/C16H28O4Si/c1-3-12-18-21(19-13-4-2,20-14-8-11-17)15-16-9-6-5-7-10-16/h5-7,9-10,17H,3-4,8,11-15H2,1-2H3. The molecule has 0 atom stereocenters. The fraction of sp³-hybridized carbons (Fsp3) is 0.625. The van der Waals surface area contributed by atoms with E-state index in [0.29, 0.717) is 32.3 Å². The molecule has 0 aromatic heterocycles. The highest BCUT2D eigenvalue weighted by Crippen LogP contribution is 2.18. The normalized spacial score (nSPS) is 11.8. The minimum absolute atomic E-state index is 0.122. The van der Waals surface area contributed by atoms with Crippen LogP contribution in [0.25, 0.3) is 0 Å². The predicted octanol–water partition coefficient (Wildman–Crippen LogP) is 2.96. The largest absolute Gasteiger partial charge is 0.505 e. The van der Waals surface area contributed by atoms with Gasteiger partial charge in [-0.25, -0.2) is 0 Å². The lowest BCUT2D eigenvalue weighted by molar-refractivity contribution is 0.0540. The molecule has 0 bridgehead atoms. The molecule has 0 saturated heterocycles. The van der Waals surface area contributed by atoms with Gasteiger partial charge < -0.3 is 18.4 Å². The van der Waals surface area contributed by atoms with Crippen molar-refractivity contribution in [2.45, 2.75) is 39.2 Å². The van der Waals surface area contributed by atoms with E-state index in [9.17, 15) is 0 Å². The highest BCUT2D eigenvalue weighted by atomic mass is 28.4. The Balaban J connectivity index is 2.79. The van der Waals surface area contributed by atoms with Gasteiger partial charge in [-0.05, 0) is 24.8 Å². The second kappa shape index (κ2) is 10.9. The summed E-state index contributed by atoms with van der Waals surface area (Å²) < 4.78 is 18.1. The summed E-state index contributed by atoms with van der Waals surface area (Å²) in [5, 5.41) is 8.96. The smallest absolute Gasteiger partial charge is 0.396 e. The van der Waals surface area contributed by atoms with Gasteiger partial charge in [-0.2, -0.15) is 0 Å². The third-order valence-corrected chi connectivity index (χ3v) is 5.71. The van der Waals surface area contributed by atoms with Gasteiger partial charge in [0.2, 0.25) is 0 Å². The zero-order chi connectivity index (χ0) is 15.4. The van der Waals surface area contributed by atoms with E-state index >= 15 is 0 Å². The molecule has 21 heavy (non-hydrogen) atoms. The zero-order valence-corrected chi connectivity index (χ0v) is 14.2. The molecule has 1 aromatic rings. The molecule has 1 aromatic carbocycles. The van der Waals surface area contributed by atoms with E-state index in [1.165, 1.54) is 5.56 Å². The lowest BCUT2D eigenvalue weighted by Gasteiger charge is -2.29. The zero-order valence-electron chi connectivity index (χ0n) is 13.2. The minimum atomic E-state index is -2.73. The van der Waals surface area contributed by atoms with E-state index in [1.54, 1.807) is 0 Å². The van der Waals surface area contributed by atoms with Crippen molar-refractivity contribution >= 4 is 8.80 Å². The third kappa shape index (κ3) is 7.20. The van der Waals surface area contributed by atoms with Gasteiger partial charge in [-0.1, -0.05) is 44.2 Å². The lowest BCUT2D eigenvalue weighted by atomic mass is 10.2. The number of rotatable bonds is 12. The van der Waals surface area contributed by atoms with Crippen LogP contribution in [0.1, 0.15) is 38.7 Å². The van der Waals surface area contributed by atoms with Crippen LogP contribution in [-0.4, -0.2) is 40.3 Å². The molecule has 1 rings (SSSR count). The van der Waals surface area contributed by atoms with Crippen LogP contribution >= 0.6 is 0 Å². The Bertz CT molecular complexity index is 351. The van der Waals surface area contributed by atoms with Gasteiger partial charge in [0.1, 0.15) is 0 Å². The van der Waals surface area contributed by atoms with Gasteiger partial charge in [0, 0.05) is 32.5 Å². The summed E-state index contributed by atoms with van der Waals surface area (Å²) in [6.07, 6.45) is 2.47. The van der Waals surface area contributed by atoms with Crippen LogP contribution in [0, 0.1) is 0 Å². The van der Waals surface area contributed by atoms with Crippen LogP contribution in [0.5, 0.6) is 0 Å². The Hall–Kier alpha value is -0.723. The van der Waals surface area contributed by atoms with Crippen LogP contribution in [0.15, 0.2) is 30.3 Å². The van der Waals surface area contributed by atoms with Crippen LogP contribution < -0.4 is 0 Å². The Morgan fingerprint density at radius 2 is 1.48 bits per heavy atom. The maximum Gasteiger partial charge on any atom is 0.505 e. The highest BCUT2D eigenvalue weighted by molar-refractivity contribution is 6.60. The lowest BCUT2D eigenvalue weighted by Crippen LogP contribution is -2.49. The van der Waals surface area contributed by atoms with Crippen LogP contribution in [0.4, 0.5) is 0 Å².